The molecule has 0 fully saturated rings. The molecule has 0 aliphatic heterocycles. The van der Waals surface area contributed by atoms with Gasteiger partial charge in [-0.3, -0.25) is 4.79 Å². The number of benzene rings is 1. The van der Waals surface area contributed by atoms with E-state index in [9.17, 15) is 4.79 Å². The Kier molecular flexibility index (Phi) is 5.91. The van der Waals surface area contributed by atoms with E-state index in [2.05, 4.69) is 10.1 Å². The highest BCUT2D eigenvalue weighted by molar-refractivity contribution is 7.13. The van der Waals surface area contributed by atoms with Gasteiger partial charge in [-0.2, -0.15) is 4.98 Å². The van der Waals surface area contributed by atoms with E-state index < -0.39 is 6.10 Å². The zero-order valence-electron chi connectivity index (χ0n) is 15.9. The number of hydrogen-bond acceptors (Lipinski definition) is 6. The summed E-state index contributed by atoms with van der Waals surface area (Å²) < 4.78 is 11.1. The first-order valence-electron chi connectivity index (χ1n) is 8.87. The van der Waals surface area contributed by atoms with Gasteiger partial charge >= 0.3 is 0 Å². The van der Waals surface area contributed by atoms with E-state index in [4.69, 9.17) is 9.26 Å². The van der Waals surface area contributed by atoms with Crippen LogP contribution in [-0.4, -0.2) is 33.6 Å². The summed E-state index contributed by atoms with van der Waals surface area (Å²) in [5, 5.41) is 5.95. The summed E-state index contributed by atoms with van der Waals surface area (Å²) in [6, 6.07) is 9.68. The summed E-state index contributed by atoms with van der Waals surface area (Å²) in [6.45, 7) is 8.52. The molecule has 0 saturated carbocycles. The van der Waals surface area contributed by atoms with Crippen LogP contribution in [0, 0.1) is 13.8 Å². The fraction of sp³-hybridized carbons (Fsp3) is 0.350. The molecule has 2 aromatic heterocycles. The van der Waals surface area contributed by atoms with Gasteiger partial charge in [0, 0.05) is 6.54 Å². The SMILES string of the molecule is CCN(Cc1nc(-c2cccs2)no1)C(=O)[C@H](C)Oc1ccc(C)c(C)c1. The maximum Gasteiger partial charge on any atom is 0.263 e. The molecule has 1 atom stereocenters. The Labute approximate surface area is 162 Å². The van der Waals surface area contributed by atoms with Crippen molar-refractivity contribution >= 4 is 17.2 Å². The van der Waals surface area contributed by atoms with E-state index in [1.54, 1.807) is 23.2 Å². The Balaban J connectivity index is 1.65. The smallest absolute Gasteiger partial charge is 0.263 e. The molecule has 1 aromatic carbocycles. The third-order valence-electron chi connectivity index (χ3n) is 4.37. The molecule has 142 valence electrons. The summed E-state index contributed by atoms with van der Waals surface area (Å²) in [5.74, 6) is 1.52. The molecule has 7 heteroatoms. The molecule has 3 rings (SSSR count). The molecule has 0 spiro atoms. The number of amides is 1. The molecule has 0 bridgehead atoms. The topological polar surface area (TPSA) is 68.5 Å². The van der Waals surface area contributed by atoms with Crippen LogP contribution >= 0.6 is 11.3 Å². The maximum absolute atomic E-state index is 12.8. The number of nitrogens with zero attached hydrogens (tertiary/aromatic N) is 3. The zero-order valence-corrected chi connectivity index (χ0v) is 16.7. The monoisotopic (exact) mass is 385 g/mol. The van der Waals surface area contributed by atoms with Gasteiger partial charge in [-0.25, -0.2) is 0 Å². The lowest BCUT2D eigenvalue weighted by Gasteiger charge is -2.23. The molecule has 0 aliphatic carbocycles. The van der Waals surface area contributed by atoms with Crippen molar-refractivity contribution in [1.82, 2.24) is 15.0 Å². The van der Waals surface area contributed by atoms with E-state index in [1.165, 1.54) is 5.56 Å². The lowest BCUT2D eigenvalue weighted by molar-refractivity contribution is -0.138. The van der Waals surface area contributed by atoms with Crippen LogP contribution in [0.2, 0.25) is 0 Å². The van der Waals surface area contributed by atoms with Crippen molar-refractivity contribution in [2.24, 2.45) is 0 Å². The van der Waals surface area contributed by atoms with E-state index >= 15 is 0 Å². The van der Waals surface area contributed by atoms with Crippen LogP contribution in [0.5, 0.6) is 5.75 Å². The van der Waals surface area contributed by atoms with E-state index in [-0.39, 0.29) is 12.5 Å². The van der Waals surface area contributed by atoms with Gasteiger partial charge in [0.25, 0.3) is 5.91 Å². The van der Waals surface area contributed by atoms with Crippen molar-refractivity contribution in [1.29, 1.82) is 0 Å². The fourth-order valence-electron chi connectivity index (χ4n) is 2.63. The molecule has 0 aliphatic rings. The first kappa shape index (κ1) is 19.1. The van der Waals surface area contributed by atoms with Gasteiger partial charge in [0.05, 0.1) is 4.88 Å². The molecule has 1 amide bonds. The van der Waals surface area contributed by atoms with Crippen LogP contribution in [0.15, 0.2) is 40.2 Å². The van der Waals surface area contributed by atoms with Gasteiger partial charge in [0.1, 0.15) is 12.3 Å². The van der Waals surface area contributed by atoms with Gasteiger partial charge in [-0.05, 0) is 62.4 Å². The summed E-state index contributed by atoms with van der Waals surface area (Å²) in [7, 11) is 0. The molecule has 0 saturated heterocycles. The van der Waals surface area contributed by atoms with Crippen LogP contribution in [0.1, 0.15) is 30.9 Å². The van der Waals surface area contributed by atoms with Gasteiger partial charge in [0.15, 0.2) is 6.10 Å². The second-order valence-electron chi connectivity index (χ2n) is 6.35. The summed E-state index contributed by atoms with van der Waals surface area (Å²) >= 11 is 1.54. The van der Waals surface area contributed by atoms with Gasteiger partial charge in [-0.15, -0.1) is 11.3 Å². The van der Waals surface area contributed by atoms with Crippen LogP contribution in [0.25, 0.3) is 10.7 Å². The Hall–Kier alpha value is -2.67. The van der Waals surface area contributed by atoms with Crippen molar-refractivity contribution in [3.63, 3.8) is 0 Å². The molecule has 0 N–H and O–H groups in total. The molecular weight excluding hydrogens is 362 g/mol. The normalized spacial score (nSPS) is 12.0. The number of carbonyl (C=O) groups is 1. The number of rotatable bonds is 7. The van der Waals surface area contributed by atoms with Crippen LogP contribution in [0.3, 0.4) is 0 Å². The number of thiophene rings is 1. The molecule has 27 heavy (non-hydrogen) atoms. The predicted molar refractivity (Wildman–Crippen MR) is 105 cm³/mol. The minimum atomic E-state index is -0.605. The molecule has 6 nitrogen and oxygen atoms in total. The van der Waals surface area contributed by atoms with Crippen molar-refractivity contribution in [2.75, 3.05) is 6.54 Å². The average molecular weight is 385 g/mol. The number of ether oxygens (including phenoxy) is 1. The summed E-state index contributed by atoms with van der Waals surface area (Å²) in [5.41, 5.74) is 2.32. The van der Waals surface area contributed by atoms with Crippen LogP contribution in [0.4, 0.5) is 0 Å². The standard InChI is InChI=1S/C20H23N3O3S/c1-5-23(12-18-21-19(22-26-18)17-7-6-10-27-17)20(24)15(4)25-16-9-8-13(2)14(3)11-16/h6-11,15H,5,12H2,1-4H3/t15-/m0/s1. The Morgan fingerprint density at radius 3 is 2.78 bits per heavy atom. The number of hydrogen-bond donors (Lipinski definition) is 0. The van der Waals surface area contributed by atoms with E-state index in [1.807, 2.05) is 56.5 Å². The number of likely N-dealkylation sites (N-methyl/N-ethyl adjacent to an activating group) is 1. The van der Waals surface area contributed by atoms with Gasteiger partial charge in [0.2, 0.25) is 11.7 Å². The second kappa shape index (κ2) is 8.35. The van der Waals surface area contributed by atoms with E-state index in [0.717, 1.165) is 10.4 Å². The fourth-order valence-corrected chi connectivity index (χ4v) is 3.28. The molecular formula is C20H23N3O3S. The van der Waals surface area contributed by atoms with Crippen molar-refractivity contribution in [2.45, 2.75) is 40.3 Å². The first-order chi connectivity index (χ1) is 13.0. The first-order valence-corrected chi connectivity index (χ1v) is 9.75. The third-order valence-corrected chi connectivity index (χ3v) is 5.23. The van der Waals surface area contributed by atoms with Crippen LogP contribution < -0.4 is 4.74 Å². The highest BCUT2D eigenvalue weighted by Gasteiger charge is 2.23. The van der Waals surface area contributed by atoms with Crippen molar-refractivity contribution < 1.29 is 14.1 Å². The highest BCUT2D eigenvalue weighted by Crippen LogP contribution is 2.22. The quantitative estimate of drug-likeness (QED) is 0.609. The number of aromatic nitrogens is 2. The number of aryl methyl sites for hydroxylation is 2. The molecule has 2 heterocycles. The van der Waals surface area contributed by atoms with Crippen molar-refractivity contribution in [3.05, 3.63) is 52.7 Å². The van der Waals surface area contributed by atoms with Gasteiger partial charge in [-0.1, -0.05) is 17.3 Å². The average Bonchev–Trinajstić information content (AvgIpc) is 3.33. The zero-order chi connectivity index (χ0) is 19.4. The lowest BCUT2D eigenvalue weighted by Crippen LogP contribution is -2.40. The lowest BCUT2D eigenvalue weighted by atomic mass is 10.1. The highest BCUT2D eigenvalue weighted by atomic mass is 32.1. The minimum absolute atomic E-state index is 0.119. The van der Waals surface area contributed by atoms with Gasteiger partial charge < -0.3 is 14.2 Å². The largest absolute Gasteiger partial charge is 0.481 e. The summed E-state index contributed by atoms with van der Waals surface area (Å²) in [6.07, 6.45) is -0.605. The predicted octanol–water partition coefficient (Wildman–Crippen LogP) is 4.23. The van der Waals surface area contributed by atoms with Crippen molar-refractivity contribution in [3.8, 4) is 16.5 Å². The van der Waals surface area contributed by atoms with Crippen LogP contribution in [-0.2, 0) is 11.3 Å². The Morgan fingerprint density at radius 1 is 1.30 bits per heavy atom. The second-order valence-corrected chi connectivity index (χ2v) is 7.30. The summed E-state index contributed by atoms with van der Waals surface area (Å²) in [4.78, 5) is 19.8. The molecule has 3 aromatic rings. The van der Waals surface area contributed by atoms with E-state index in [0.29, 0.717) is 24.0 Å². The third kappa shape index (κ3) is 4.54. The Morgan fingerprint density at radius 2 is 2.11 bits per heavy atom. The maximum atomic E-state index is 12.8. The number of carbonyl (C=O) groups excluding carboxylic acids is 1. The minimum Gasteiger partial charge on any atom is -0.481 e. The molecule has 0 radical (unpaired) electrons. The molecule has 0 unspecified atom stereocenters. The Bertz CT molecular complexity index is 905.